The second kappa shape index (κ2) is 8.49. The zero-order valence-electron chi connectivity index (χ0n) is 12.9. The molecule has 1 unspecified atom stereocenters. The summed E-state index contributed by atoms with van der Waals surface area (Å²) in [6.45, 7) is 4.63. The summed E-state index contributed by atoms with van der Waals surface area (Å²) in [6, 6.07) is 10.7. The van der Waals surface area contributed by atoms with Crippen LogP contribution in [-0.2, 0) is 15.0 Å². The number of benzene rings is 1. The van der Waals surface area contributed by atoms with Gasteiger partial charge in [0, 0.05) is 19.3 Å². The van der Waals surface area contributed by atoms with E-state index in [1.165, 1.54) is 12.8 Å². The highest BCUT2D eigenvalue weighted by Gasteiger charge is 2.36. The van der Waals surface area contributed by atoms with Crippen LogP contribution < -0.4 is 5.32 Å². The van der Waals surface area contributed by atoms with Crippen LogP contribution in [0.5, 0.6) is 0 Å². The largest absolute Gasteiger partial charge is 0.394 e. The van der Waals surface area contributed by atoms with Gasteiger partial charge in [-0.25, -0.2) is 0 Å². The lowest BCUT2D eigenvalue weighted by Crippen LogP contribution is -2.47. The SMILES string of the molecule is CCOCCOCCC(CO)(NC1CC1)c1ccccc1. The van der Waals surface area contributed by atoms with Gasteiger partial charge < -0.3 is 19.9 Å². The van der Waals surface area contributed by atoms with Gasteiger partial charge >= 0.3 is 0 Å². The monoisotopic (exact) mass is 293 g/mol. The molecule has 118 valence electrons. The van der Waals surface area contributed by atoms with E-state index in [1.54, 1.807) is 0 Å². The van der Waals surface area contributed by atoms with Gasteiger partial charge in [0.1, 0.15) is 0 Å². The van der Waals surface area contributed by atoms with Crippen LogP contribution in [0.15, 0.2) is 30.3 Å². The molecule has 0 radical (unpaired) electrons. The van der Waals surface area contributed by atoms with Crippen molar-refractivity contribution in [2.45, 2.75) is 37.8 Å². The Morgan fingerprint density at radius 1 is 1.14 bits per heavy atom. The number of rotatable bonds is 11. The zero-order valence-corrected chi connectivity index (χ0v) is 12.9. The van der Waals surface area contributed by atoms with Gasteiger partial charge in [-0.3, -0.25) is 0 Å². The number of hydrogen-bond acceptors (Lipinski definition) is 4. The summed E-state index contributed by atoms with van der Waals surface area (Å²) in [7, 11) is 0. The van der Waals surface area contributed by atoms with Crippen LogP contribution in [0.1, 0.15) is 31.7 Å². The summed E-state index contributed by atoms with van der Waals surface area (Å²) < 4.78 is 10.9. The van der Waals surface area contributed by atoms with Gasteiger partial charge in [0.05, 0.1) is 25.4 Å². The molecule has 0 spiro atoms. The van der Waals surface area contributed by atoms with Crippen molar-refractivity contribution in [3.05, 3.63) is 35.9 Å². The van der Waals surface area contributed by atoms with E-state index >= 15 is 0 Å². The normalized spacial score (nSPS) is 17.6. The van der Waals surface area contributed by atoms with E-state index in [9.17, 15) is 5.11 Å². The van der Waals surface area contributed by atoms with Crippen LogP contribution >= 0.6 is 0 Å². The van der Waals surface area contributed by atoms with Crippen LogP contribution in [0.3, 0.4) is 0 Å². The molecular formula is C17H27NO3. The van der Waals surface area contributed by atoms with Gasteiger partial charge in [0.2, 0.25) is 0 Å². The van der Waals surface area contributed by atoms with Gasteiger partial charge in [-0.1, -0.05) is 30.3 Å². The fraction of sp³-hybridized carbons (Fsp3) is 0.647. The summed E-state index contributed by atoms with van der Waals surface area (Å²) >= 11 is 0. The van der Waals surface area contributed by atoms with E-state index in [-0.39, 0.29) is 6.61 Å². The lowest BCUT2D eigenvalue weighted by Gasteiger charge is -2.34. The molecule has 0 bridgehead atoms. The molecule has 1 aromatic rings. The summed E-state index contributed by atoms with van der Waals surface area (Å²) in [6.07, 6.45) is 3.15. The van der Waals surface area contributed by atoms with Crippen LogP contribution in [-0.4, -0.2) is 44.2 Å². The third-order valence-corrected chi connectivity index (χ3v) is 3.90. The lowest BCUT2D eigenvalue weighted by atomic mass is 9.87. The number of hydrogen-bond donors (Lipinski definition) is 2. The molecule has 0 heterocycles. The number of ether oxygens (including phenoxy) is 2. The summed E-state index contributed by atoms with van der Waals surface area (Å²) in [4.78, 5) is 0. The van der Waals surface area contributed by atoms with Crippen molar-refractivity contribution in [3.63, 3.8) is 0 Å². The highest BCUT2D eigenvalue weighted by Crippen LogP contribution is 2.31. The zero-order chi connectivity index (χ0) is 15.0. The van der Waals surface area contributed by atoms with Crippen molar-refractivity contribution >= 4 is 0 Å². The standard InChI is InChI=1S/C17H27NO3/c1-2-20-12-13-21-11-10-17(14-19,18-16-8-9-16)15-6-4-3-5-7-15/h3-7,16,18-19H,2,8-14H2,1H3. The maximum absolute atomic E-state index is 10.0. The maximum atomic E-state index is 10.0. The predicted molar refractivity (Wildman–Crippen MR) is 83.3 cm³/mol. The number of nitrogens with one attached hydrogen (secondary N) is 1. The molecular weight excluding hydrogens is 266 g/mol. The molecule has 1 aromatic carbocycles. The van der Waals surface area contributed by atoms with Crippen LogP contribution in [0.25, 0.3) is 0 Å². The van der Waals surface area contributed by atoms with E-state index in [1.807, 2.05) is 25.1 Å². The van der Waals surface area contributed by atoms with Gasteiger partial charge in [0.15, 0.2) is 0 Å². The molecule has 4 nitrogen and oxygen atoms in total. The molecule has 2 N–H and O–H groups in total. The summed E-state index contributed by atoms with van der Waals surface area (Å²) in [5.74, 6) is 0. The van der Waals surface area contributed by atoms with E-state index in [4.69, 9.17) is 9.47 Å². The average molecular weight is 293 g/mol. The quantitative estimate of drug-likeness (QED) is 0.613. The molecule has 1 saturated carbocycles. The van der Waals surface area contributed by atoms with Crippen molar-refractivity contribution in [1.29, 1.82) is 0 Å². The highest BCUT2D eigenvalue weighted by molar-refractivity contribution is 5.25. The molecule has 0 aromatic heterocycles. The number of aliphatic hydroxyl groups excluding tert-OH is 1. The molecule has 1 aliphatic rings. The Morgan fingerprint density at radius 2 is 1.86 bits per heavy atom. The fourth-order valence-electron chi connectivity index (χ4n) is 2.50. The molecule has 1 fully saturated rings. The molecule has 0 saturated heterocycles. The van der Waals surface area contributed by atoms with Crippen molar-refractivity contribution < 1.29 is 14.6 Å². The second-order valence-electron chi connectivity index (χ2n) is 5.58. The first-order valence-corrected chi connectivity index (χ1v) is 7.90. The van der Waals surface area contributed by atoms with Crippen molar-refractivity contribution in [3.8, 4) is 0 Å². The molecule has 1 aliphatic carbocycles. The first-order valence-electron chi connectivity index (χ1n) is 7.90. The highest BCUT2D eigenvalue weighted by atomic mass is 16.5. The minimum absolute atomic E-state index is 0.0856. The van der Waals surface area contributed by atoms with Crippen molar-refractivity contribution in [1.82, 2.24) is 5.32 Å². The molecule has 0 aliphatic heterocycles. The molecule has 21 heavy (non-hydrogen) atoms. The molecule has 2 rings (SSSR count). The topological polar surface area (TPSA) is 50.7 Å². The Kier molecular flexibility index (Phi) is 6.64. The Labute approximate surface area is 127 Å². The predicted octanol–water partition coefficient (Wildman–Crippen LogP) is 2.07. The Hall–Kier alpha value is -0.940. The lowest BCUT2D eigenvalue weighted by molar-refractivity contribution is 0.0344. The summed E-state index contributed by atoms with van der Waals surface area (Å²) in [5, 5.41) is 13.6. The van der Waals surface area contributed by atoms with Crippen molar-refractivity contribution in [2.75, 3.05) is 33.0 Å². The second-order valence-corrected chi connectivity index (χ2v) is 5.58. The smallest absolute Gasteiger partial charge is 0.0700 e. The van der Waals surface area contributed by atoms with E-state index in [0.717, 1.165) is 18.6 Å². The minimum Gasteiger partial charge on any atom is -0.394 e. The Morgan fingerprint density at radius 3 is 2.48 bits per heavy atom. The van der Waals surface area contributed by atoms with Crippen LogP contribution in [0.2, 0.25) is 0 Å². The fourth-order valence-corrected chi connectivity index (χ4v) is 2.50. The third kappa shape index (κ3) is 5.08. The van der Waals surface area contributed by atoms with Crippen molar-refractivity contribution in [2.24, 2.45) is 0 Å². The van der Waals surface area contributed by atoms with E-state index in [0.29, 0.717) is 25.9 Å². The minimum atomic E-state index is -0.395. The number of aliphatic hydroxyl groups is 1. The maximum Gasteiger partial charge on any atom is 0.0700 e. The Balaban J connectivity index is 1.91. The van der Waals surface area contributed by atoms with Gasteiger partial charge in [-0.05, 0) is 31.7 Å². The van der Waals surface area contributed by atoms with Crippen LogP contribution in [0.4, 0.5) is 0 Å². The van der Waals surface area contributed by atoms with Gasteiger partial charge in [0.25, 0.3) is 0 Å². The van der Waals surface area contributed by atoms with Gasteiger partial charge in [-0.15, -0.1) is 0 Å². The van der Waals surface area contributed by atoms with E-state index < -0.39 is 5.54 Å². The molecule has 1 atom stereocenters. The first kappa shape index (κ1) is 16.4. The Bertz CT molecular complexity index is 394. The van der Waals surface area contributed by atoms with Gasteiger partial charge in [-0.2, -0.15) is 0 Å². The molecule has 4 heteroatoms. The van der Waals surface area contributed by atoms with Crippen LogP contribution in [0, 0.1) is 0 Å². The molecule has 0 amide bonds. The first-order chi connectivity index (χ1) is 10.3. The van der Waals surface area contributed by atoms with E-state index in [2.05, 4.69) is 17.4 Å². The average Bonchev–Trinajstić information content (AvgIpc) is 3.34. The summed E-state index contributed by atoms with van der Waals surface area (Å²) in [5.41, 5.74) is 0.737. The third-order valence-electron chi connectivity index (χ3n) is 3.90.